The minimum atomic E-state index is -0.703. The Balaban J connectivity index is 1.61. The molecule has 1 atom stereocenters. The molecule has 122 valence electrons. The van der Waals surface area contributed by atoms with Gasteiger partial charge in [0, 0.05) is 13.0 Å². The molecule has 1 aliphatic heterocycles. The Hall–Kier alpha value is -0.610. The summed E-state index contributed by atoms with van der Waals surface area (Å²) >= 11 is 0. The molecule has 0 bridgehead atoms. The lowest BCUT2D eigenvalue weighted by atomic mass is 9.92. The van der Waals surface area contributed by atoms with Crippen molar-refractivity contribution in [3.05, 3.63) is 0 Å². The molecule has 2 rings (SSSR count). The van der Waals surface area contributed by atoms with E-state index in [1.165, 1.54) is 44.9 Å². The highest BCUT2D eigenvalue weighted by Gasteiger charge is 2.53. The Labute approximate surface area is 128 Å². The van der Waals surface area contributed by atoms with Gasteiger partial charge in [-0.25, -0.2) is 4.79 Å². The van der Waals surface area contributed by atoms with Gasteiger partial charge in [-0.15, -0.1) is 0 Å². The Morgan fingerprint density at radius 2 is 1.81 bits per heavy atom. The van der Waals surface area contributed by atoms with Gasteiger partial charge in [-0.1, -0.05) is 32.1 Å². The summed E-state index contributed by atoms with van der Waals surface area (Å²) < 4.78 is 16.4. The maximum absolute atomic E-state index is 11.9. The van der Waals surface area contributed by atoms with Crippen LogP contribution < -0.4 is 0 Å². The van der Waals surface area contributed by atoms with Crippen LogP contribution in [0.2, 0.25) is 0 Å². The van der Waals surface area contributed by atoms with Crippen LogP contribution in [-0.2, 0) is 19.0 Å². The van der Waals surface area contributed by atoms with E-state index in [0.29, 0.717) is 25.6 Å². The van der Waals surface area contributed by atoms with Crippen LogP contribution in [0, 0.1) is 5.92 Å². The molecule has 0 aromatic rings. The number of hydrogen-bond acceptors (Lipinski definition) is 4. The van der Waals surface area contributed by atoms with Gasteiger partial charge >= 0.3 is 5.97 Å². The fourth-order valence-corrected chi connectivity index (χ4v) is 2.97. The highest BCUT2D eigenvalue weighted by Crippen LogP contribution is 2.33. The summed E-state index contributed by atoms with van der Waals surface area (Å²) in [4.78, 5) is 11.9. The minimum Gasteiger partial charge on any atom is -0.461 e. The van der Waals surface area contributed by atoms with Crippen LogP contribution in [0.3, 0.4) is 0 Å². The van der Waals surface area contributed by atoms with Gasteiger partial charge in [0.1, 0.15) is 0 Å². The van der Waals surface area contributed by atoms with Crippen molar-refractivity contribution in [2.24, 2.45) is 5.92 Å². The normalized spacial score (nSPS) is 27.2. The molecule has 1 saturated carbocycles. The molecule has 2 fully saturated rings. The number of esters is 1. The van der Waals surface area contributed by atoms with Gasteiger partial charge in [-0.2, -0.15) is 0 Å². The fraction of sp³-hybridized carbons (Fsp3) is 0.941. The molecule has 2 aliphatic rings. The molecule has 1 saturated heterocycles. The number of hydrogen-bond donors (Lipinski definition) is 0. The lowest BCUT2D eigenvalue weighted by Crippen LogP contribution is -2.31. The van der Waals surface area contributed by atoms with Crippen LogP contribution >= 0.6 is 0 Å². The molecular weight excluding hydrogens is 268 g/mol. The topological polar surface area (TPSA) is 48.1 Å². The molecule has 1 heterocycles. The monoisotopic (exact) mass is 298 g/mol. The Morgan fingerprint density at radius 1 is 1.19 bits per heavy atom. The van der Waals surface area contributed by atoms with E-state index in [-0.39, 0.29) is 12.1 Å². The molecular formula is C17H30O4. The van der Waals surface area contributed by atoms with Crippen LogP contribution in [0.5, 0.6) is 0 Å². The predicted octanol–water partition coefficient (Wildman–Crippen LogP) is 3.47. The molecule has 0 aromatic carbocycles. The van der Waals surface area contributed by atoms with Gasteiger partial charge in [-0.05, 0) is 32.6 Å². The first kappa shape index (κ1) is 16.8. The first-order chi connectivity index (χ1) is 10.1. The first-order valence-electron chi connectivity index (χ1n) is 8.55. The smallest absolute Gasteiger partial charge is 0.341 e. The van der Waals surface area contributed by atoms with Crippen molar-refractivity contribution in [2.75, 3.05) is 19.8 Å². The first-order valence-corrected chi connectivity index (χ1v) is 8.55. The number of ether oxygens (including phenoxy) is 3. The molecule has 0 aromatic heterocycles. The summed E-state index contributed by atoms with van der Waals surface area (Å²) in [6.45, 7) is 5.61. The lowest BCUT2D eigenvalue weighted by Gasteiger charge is -2.20. The quantitative estimate of drug-likeness (QED) is 0.410. The summed E-state index contributed by atoms with van der Waals surface area (Å²) in [6, 6.07) is 0. The Kier molecular flexibility index (Phi) is 6.49. The molecule has 0 N–H and O–H groups in total. The third-order valence-electron chi connectivity index (χ3n) is 4.44. The van der Waals surface area contributed by atoms with Gasteiger partial charge in [0.05, 0.1) is 19.3 Å². The van der Waals surface area contributed by atoms with Crippen molar-refractivity contribution in [1.82, 2.24) is 0 Å². The fourth-order valence-electron chi connectivity index (χ4n) is 2.97. The second-order valence-corrected chi connectivity index (χ2v) is 6.77. The second kappa shape index (κ2) is 8.14. The minimum absolute atomic E-state index is 0.0885. The molecule has 1 unspecified atom stereocenters. The van der Waals surface area contributed by atoms with Crippen molar-refractivity contribution in [1.29, 1.82) is 0 Å². The highest BCUT2D eigenvalue weighted by atomic mass is 16.6. The van der Waals surface area contributed by atoms with Crippen molar-refractivity contribution in [3.8, 4) is 0 Å². The van der Waals surface area contributed by atoms with Gasteiger partial charge in [0.15, 0.2) is 5.60 Å². The standard InChI is InChI=1S/C17H30O4/c1-14(2)21-16(18)17(13-20-17)10-11-19-12-15-8-6-4-3-5-7-9-15/h14-15H,3-13H2,1-2H3. The average molecular weight is 298 g/mol. The van der Waals surface area contributed by atoms with Crippen LogP contribution in [0.4, 0.5) is 0 Å². The molecule has 21 heavy (non-hydrogen) atoms. The van der Waals surface area contributed by atoms with E-state index in [1.54, 1.807) is 0 Å². The Morgan fingerprint density at radius 3 is 2.38 bits per heavy atom. The molecule has 0 radical (unpaired) electrons. The van der Waals surface area contributed by atoms with E-state index in [0.717, 1.165) is 6.61 Å². The third-order valence-corrected chi connectivity index (χ3v) is 4.44. The van der Waals surface area contributed by atoms with E-state index in [2.05, 4.69) is 0 Å². The second-order valence-electron chi connectivity index (χ2n) is 6.77. The van der Waals surface area contributed by atoms with E-state index in [9.17, 15) is 4.79 Å². The summed E-state index contributed by atoms with van der Waals surface area (Å²) in [5.41, 5.74) is -0.703. The van der Waals surface area contributed by atoms with Crippen molar-refractivity contribution >= 4 is 5.97 Å². The van der Waals surface area contributed by atoms with E-state index in [4.69, 9.17) is 14.2 Å². The molecule has 4 nitrogen and oxygen atoms in total. The van der Waals surface area contributed by atoms with Crippen LogP contribution in [0.25, 0.3) is 0 Å². The van der Waals surface area contributed by atoms with Crippen molar-refractivity contribution in [2.45, 2.75) is 76.9 Å². The number of epoxide rings is 1. The largest absolute Gasteiger partial charge is 0.461 e. The summed E-state index contributed by atoms with van der Waals surface area (Å²) in [5, 5.41) is 0. The molecule has 4 heteroatoms. The zero-order chi connectivity index (χ0) is 15.1. The Bertz CT molecular complexity index is 315. The highest BCUT2D eigenvalue weighted by molar-refractivity contribution is 5.82. The van der Waals surface area contributed by atoms with Crippen LogP contribution in [0.15, 0.2) is 0 Å². The number of rotatable bonds is 7. The van der Waals surface area contributed by atoms with E-state index < -0.39 is 5.60 Å². The van der Waals surface area contributed by atoms with Gasteiger partial charge in [-0.3, -0.25) is 0 Å². The maximum atomic E-state index is 11.9. The molecule has 1 aliphatic carbocycles. The van der Waals surface area contributed by atoms with E-state index in [1.807, 2.05) is 13.8 Å². The summed E-state index contributed by atoms with van der Waals surface area (Å²) in [7, 11) is 0. The predicted molar refractivity (Wildman–Crippen MR) is 81.2 cm³/mol. The zero-order valence-electron chi connectivity index (χ0n) is 13.6. The van der Waals surface area contributed by atoms with E-state index >= 15 is 0 Å². The molecule has 0 spiro atoms. The third kappa shape index (κ3) is 5.59. The zero-order valence-corrected chi connectivity index (χ0v) is 13.6. The van der Waals surface area contributed by atoms with Crippen molar-refractivity contribution < 1.29 is 19.0 Å². The summed E-state index contributed by atoms with van der Waals surface area (Å²) in [6.07, 6.45) is 9.91. The van der Waals surface area contributed by atoms with Crippen LogP contribution in [-0.4, -0.2) is 37.5 Å². The number of carbonyl (C=O) groups is 1. The van der Waals surface area contributed by atoms with Crippen LogP contribution in [0.1, 0.15) is 65.2 Å². The van der Waals surface area contributed by atoms with Gasteiger partial charge < -0.3 is 14.2 Å². The lowest BCUT2D eigenvalue weighted by molar-refractivity contribution is -0.154. The number of carbonyl (C=O) groups excluding carboxylic acids is 1. The average Bonchev–Trinajstić information content (AvgIpc) is 3.17. The van der Waals surface area contributed by atoms with Crippen molar-refractivity contribution in [3.63, 3.8) is 0 Å². The van der Waals surface area contributed by atoms with Gasteiger partial charge in [0.2, 0.25) is 0 Å². The van der Waals surface area contributed by atoms with Gasteiger partial charge in [0.25, 0.3) is 0 Å². The maximum Gasteiger partial charge on any atom is 0.341 e. The molecule has 0 amide bonds. The SMILES string of the molecule is CC(C)OC(=O)C1(CCOCC2CCCCCCC2)CO1. The summed E-state index contributed by atoms with van der Waals surface area (Å²) in [5.74, 6) is 0.469.